The van der Waals surface area contributed by atoms with Gasteiger partial charge in [-0.15, -0.1) is 0 Å². The molecular formula is C13H16ClNO4S. The van der Waals surface area contributed by atoms with E-state index in [0.29, 0.717) is 23.0 Å². The van der Waals surface area contributed by atoms with Crippen LogP contribution in [-0.4, -0.2) is 26.7 Å². The molecule has 1 aromatic carbocycles. The first-order chi connectivity index (χ1) is 9.33. The van der Waals surface area contributed by atoms with Crippen molar-refractivity contribution in [2.75, 3.05) is 11.6 Å². The van der Waals surface area contributed by atoms with Crippen LogP contribution in [-0.2, 0) is 19.1 Å². The predicted molar refractivity (Wildman–Crippen MR) is 77.1 cm³/mol. The van der Waals surface area contributed by atoms with Crippen molar-refractivity contribution in [3.63, 3.8) is 0 Å². The highest BCUT2D eigenvalue weighted by Gasteiger charge is 2.32. The van der Waals surface area contributed by atoms with Crippen molar-refractivity contribution in [2.45, 2.75) is 25.4 Å². The maximum absolute atomic E-state index is 12.1. The molecule has 0 aromatic heterocycles. The molecular weight excluding hydrogens is 302 g/mol. The Morgan fingerprint density at radius 1 is 1.40 bits per heavy atom. The van der Waals surface area contributed by atoms with Gasteiger partial charge in [0.15, 0.2) is 6.10 Å². The molecule has 1 saturated carbocycles. The van der Waals surface area contributed by atoms with Crippen LogP contribution in [0.15, 0.2) is 24.3 Å². The molecule has 110 valence electrons. The Bertz CT molecular complexity index is 581. The van der Waals surface area contributed by atoms with E-state index >= 15 is 0 Å². The van der Waals surface area contributed by atoms with Gasteiger partial charge in [0.2, 0.25) is 0 Å². The Kier molecular flexibility index (Phi) is 4.67. The van der Waals surface area contributed by atoms with E-state index in [1.165, 1.54) is 0 Å². The van der Waals surface area contributed by atoms with Crippen LogP contribution in [0.25, 0.3) is 0 Å². The molecule has 0 bridgehead atoms. The lowest BCUT2D eigenvalue weighted by atomic mass is 10.1. The van der Waals surface area contributed by atoms with Gasteiger partial charge in [0.05, 0.1) is 6.26 Å². The van der Waals surface area contributed by atoms with E-state index in [1.807, 2.05) is 0 Å². The number of amides is 1. The molecule has 0 radical (unpaired) electrons. The van der Waals surface area contributed by atoms with Gasteiger partial charge in [-0.2, -0.15) is 8.42 Å². The summed E-state index contributed by atoms with van der Waals surface area (Å²) >= 11 is 5.76. The third-order valence-electron chi connectivity index (χ3n) is 2.94. The summed E-state index contributed by atoms with van der Waals surface area (Å²) in [6.45, 7) is 0. The van der Waals surface area contributed by atoms with E-state index in [1.54, 1.807) is 24.3 Å². The Morgan fingerprint density at radius 2 is 2.00 bits per heavy atom. The molecule has 1 fully saturated rings. The van der Waals surface area contributed by atoms with Crippen LogP contribution in [0.1, 0.15) is 19.3 Å². The van der Waals surface area contributed by atoms with Gasteiger partial charge >= 0.3 is 0 Å². The molecule has 5 nitrogen and oxygen atoms in total. The summed E-state index contributed by atoms with van der Waals surface area (Å²) in [7, 11) is -3.67. The van der Waals surface area contributed by atoms with Crippen LogP contribution >= 0.6 is 11.6 Å². The summed E-state index contributed by atoms with van der Waals surface area (Å²) in [6, 6.07) is 6.58. The highest BCUT2D eigenvalue weighted by Crippen LogP contribution is 2.34. The fourth-order valence-electron chi connectivity index (χ4n) is 1.81. The summed E-state index contributed by atoms with van der Waals surface area (Å²) in [5, 5.41) is 3.20. The van der Waals surface area contributed by atoms with Crippen LogP contribution in [0.5, 0.6) is 0 Å². The molecule has 0 aliphatic heterocycles. The molecule has 20 heavy (non-hydrogen) atoms. The zero-order chi connectivity index (χ0) is 14.8. The second-order valence-corrected chi connectivity index (χ2v) is 7.00. The van der Waals surface area contributed by atoms with E-state index in [9.17, 15) is 13.2 Å². The number of anilines is 1. The van der Waals surface area contributed by atoms with Gasteiger partial charge in [-0.05, 0) is 36.6 Å². The van der Waals surface area contributed by atoms with Gasteiger partial charge in [-0.3, -0.25) is 8.98 Å². The molecule has 1 N–H and O–H groups in total. The Hall–Kier alpha value is -1.11. The molecule has 1 amide bonds. The number of nitrogens with one attached hydrogen (secondary N) is 1. The van der Waals surface area contributed by atoms with E-state index < -0.39 is 22.1 Å². The Labute approximate surface area is 123 Å². The first kappa shape index (κ1) is 15.3. The second kappa shape index (κ2) is 6.11. The smallest absolute Gasteiger partial charge is 0.265 e. The first-order valence-corrected chi connectivity index (χ1v) is 8.47. The van der Waals surface area contributed by atoms with Crippen LogP contribution < -0.4 is 5.32 Å². The van der Waals surface area contributed by atoms with E-state index in [4.69, 9.17) is 15.8 Å². The molecule has 0 saturated heterocycles. The number of hydrogen-bond donors (Lipinski definition) is 1. The molecule has 0 spiro atoms. The average molecular weight is 318 g/mol. The van der Waals surface area contributed by atoms with Gasteiger partial charge in [-0.1, -0.05) is 24.4 Å². The number of carbonyl (C=O) groups excluding carboxylic acids is 1. The van der Waals surface area contributed by atoms with Crippen LogP contribution in [0.4, 0.5) is 5.69 Å². The van der Waals surface area contributed by atoms with Gasteiger partial charge in [-0.25, -0.2) is 0 Å². The van der Waals surface area contributed by atoms with Crippen molar-refractivity contribution in [3.8, 4) is 0 Å². The number of hydrogen-bond acceptors (Lipinski definition) is 4. The molecule has 1 aliphatic rings. The lowest BCUT2D eigenvalue weighted by molar-refractivity contribution is -0.123. The predicted octanol–water partition coefficient (Wildman–Crippen LogP) is 2.42. The van der Waals surface area contributed by atoms with Gasteiger partial charge in [0, 0.05) is 10.7 Å². The number of carbonyl (C=O) groups is 1. The van der Waals surface area contributed by atoms with Crippen molar-refractivity contribution in [2.24, 2.45) is 5.92 Å². The summed E-state index contributed by atoms with van der Waals surface area (Å²) in [4.78, 5) is 12.1. The normalized spacial score (nSPS) is 16.7. The van der Waals surface area contributed by atoms with Crippen LogP contribution in [0.2, 0.25) is 5.02 Å². The van der Waals surface area contributed by atoms with E-state index in [2.05, 4.69) is 5.32 Å². The van der Waals surface area contributed by atoms with Crippen molar-refractivity contribution in [1.82, 2.24) is 0 Å². The molecule has 7 heteroatoms. The van der Waals surface area contributed by atoms with Gasteiger partial charge < -0.3 is 5.32 Å². The standard InChI is InChI=1S/C13H16ClNO4S/c1-20(17,18)19-12(8-9-2-3-9)13(16)15-11-6-4-10(14)5-7-11/h4-7,9,12H,2-3,8H2,1H3,(H,15,16). The minimum Gasteiger partial charge on any atom is -0.324 e. The third kappa shape index (κ3) is 5.11. The minimum atomic E-state index is -3.67. The van der Waals surface area contributed by atoms with E-state index in [-0.39, 0.29) is 0 Å². The van der Waals surface area contributed by atoms with Gasteiger partial charge in [0.25, 0.3) is 16.0 Å². The SMILES string of the molecule is CS(=O)(=O)OC(CC1CC1)C(=O)Nc1ccc(Cl)cc1. The van der Waals surface area contributed by atoms with Crippen molar-refractivity contribution in [3.05, 3.63) is 29.3 Å². The highest BCUT2D eigenvalue weighted by molar-refractivity contribution is 7.86. The molecule has 0 heterocycles. The lowest BCUT2D eigenvalue weighted by Crippen LogP contribution is -2.32. The minimum absolute atomic E-state index is 0.373. The number of benzene rings is 1. The van der Waals surface area contributed by atoms with E-state index in [0.717, 1.165) is 19.1 Å². The van der Waals surface area contributed by atoms with Crippen molar-refractivity contribution >= 4 is 33.3 Å². The first-order valence-electron chi connectivity index (χ1n) is 6.28. The highest BCUT2D eigenvalue weighted by atomic mass is 35.5. The number of rotatable bonds is 6. The summed E-state index contributed by atoms with van der Waals surface area (Å²) < 4.78 is 27.3. The second-order valence-electron chi connectivity index (χ2n) is 4.96. The van der Waals surface area contributed by atoms with Crippen LogP contribution in [0.3, 0.4) is 0 Å². The number of halogens is 1. The zero-order valence-electron chi connectivity index (χ0n) is 11.0. The summed E-state index contributed by atoms with van der Waals surface area (Å²) in [6.07, 6.45) is 2.41. The summed E-state index contributed by atoms with van der Waals surface area (Å²) in [5.41, 5.74) is 0.553. The topological polar surface area (TPSA) is 72.5 Å². The zero-order valence-corrected chi connectivity index (χ0v) is 12.6. The van der Waals surface area contributed by atoms with Gasteiger partial charge in [0.1, 0.15) is 0 Å². The third-order valence-corrected chi connectivity index (χ3v) is 3.77. The molecule has 2 rings (SSSR count). The quantitative estimate of drug-likeness (QED) is 0.818. The molecule has 1 aliphatic carbocycles. The average Bonchev–Trinajstić information content (AvgIpc) is 3.13. The summed E-state index contributed by atoms with van der Waals surface area (Å²) in [5.74, 6) is -0.0811. The maximum atomic E-state index is 12.1. The monoisotopic (exact) mass is 317 g/mol. The fourth-order valence-corrected chi connectivity index (χ4v) is 2.53. The lowest BCUT2D eigenvalue weighted by Gasteiger charge is -2.16. The maximum Gasteiger partial charge on any atom is 0.265 e. The van der Waals surface area contributed by atoms with Crippen molar-refractivity contribution < 1.29 is 17.4 Å². The Balaban J connectivity index is 2.03. The molecule has 1 aromatic rings. The molecule has 1 atom stereocenters. The van der Waals surface area contributed by atoms with Crippen molar-refractivity contribution in [1.29, 1.82) is 0 Å². The largest absolute Gasteiger partial charge is 0.324 e. The molecule has 1 unspecified atom stereocenters. The van der Waals surface area contributed by atoms with Crippen LogP contribution in [0, 0.1) is 5.92 Å². The Morgan fingerprint density at radius 3 is 2.50 bits per heavy atom. The fraction of sp³-hybridized carbons (Fsp3) is 0.462.